The molecule has 1 aromatic carbocycles. The van der Waals surface area contributed by atoms with Crippen LogP contribution in [0, 0.1) is 0 Å². The standard InChI is InChI=1S/C21H26N4O4/c1-20(2,3)17-23-14-12-13(6-7-15(14)29-17)22-16(26)8-11-25-18(27)21(24-19(25)28)9-4-5-10-21/h6-7,12H,4-5,8-11H2,1-3H3,(H,22,26)(H,24,28). The van der Waals surface area contributed by atoms with Gasteiger partial charge in [-0.05, 0) is 31.0 Å². The Balaban J connectivity index is 1.38. The van der Waals surface area contributed by atoms with Gasteiger partial charge in [-0.2, -0.15) is 0 Å². The van der Waals surface area contributed by atoms with Crippen molar-refractivity contribution in [3.05, 3.63) is 24.1 Å². The van der Waals surface area contributed by atoms with Crippen LogP contribution in [0.3, 0.4) is 0 Å². The molecule has 2 aromatic rings. The van der Waals surface area contributed by atoms with Crippen molar-refractivity contribution in [3.63, 3.8) is 0 Å². The monoisotopic (exact) mass is 398 g/mol. The summed E-state index contributed by atoms with van der Waals surface area (Å²) in [5.41, 5.74) is 0.984. The fraction of sp³-hybridized carbons (Fsp3) is 0.524. The summed E-state index contributed by atoms with van der Waals surface area (Å²) >= 11 is 0. The number of urea groups is 1. The van der Waals surface area contributed by atoms with Crippen LogP contribution in [0.4, 0.5) is 10.5 Å². The van der Waals surface area contributed by atoms with E-state index in [-0.39, 0.29) is 30.2 Å². The Morgan fingerprint density at radius 2 is 2.00 bits per heavy atom. The van der Waals surface area contributed by atoms with Crippen molar-refractivity contribution in [1.29, 1.82) is 0 Å². The van der Waals surface area contributed by atoms with E-state index in [0.29, 0.717) is 35.5 Å². The van der Waals surface area contributed by atoms with Crippen LogP contribution in [0.1, 0.15) is 58.8 Å². The maximum Gasteiger partial charge on any atom is 0.325 e. The molecule has 8 nitrogen and oxygen atoms in total. The summed E-state index contributed by atoms with van der Waals surface area (Å²) in [6, 6.07) is 4.88. The van der Waals surface area contributed by atoms with E-state index in [1.165, 1.54) is 4.90 Å². The molecule has 2 fully saturated rings. The molecule has 2 heterocycles. The number of amides is 4. The van der Waals surface area contributed by atoms with Crippen LogP contribution in [0.2, 0.25) is 0 Å². The molecule has 4 rings (SSSR count). The Hall–Kier alpha value is -2.90. The maximum atomic E-state index is 12.6. The van der Waals surface area contributed by atoms with E-state index >= 15 is 0 Å². The zero-order chi connectivity index (χ0) is 20.8. The van der Waals surface area contributed by atoms with Gasteiger partial charge >= 0.3 is 6.03 Å². The highest BCUT2D eigenvalue weighted by molar-refractivity contribution is 6.07. The smallest absolute Gasteiger partial charge is 0.325 e. The number of benzene rings is 1. The number of rotatable bonds is 4. The average molecular weight is 398 g/mol. The number of carbonyl (C=O) groups is 3. The first-order valence-electron chi connectivity index (χ1n) is 10.0. The van der Waals surface area contributed by atoms with E-state index < -0.39 is 11.6 Å². The molecular weight excluding hydrogens is 372 g/mol. The lowest BCUT2D eigenvalue weighted by atomic mass is 9.97. The Morgan fingerprint density at radius 3 is 2.69 bits per heavy atom. The fourth-order valence-corrected chi connectivity index (χ4v) is 3.96. The lowest BCUT2D eigenvalue weighted by molar-refractivity contribution is -0.131. The first kappa shape index (κ1) is 19.4. The molecule has 1 aromatic heterocycles. The highest BCUT2D eigenvalue weighted by atomic mass is 16.3. The number of fused-ring (bicyclic) bond motifs is 1. The average Bonchev–Trinajstić information content (AvgIpc) is 3.33. The molecule has 0 unspecified atom stereocenters. The summed E-state index contributed by atoms with van der Waals surface area (Å²) < 4.78 is 5.76. The molecule has 1 aliphatic carbocycles. The Bertz CT molecular complexity index is 982. The summed E-state index contributed by atoms with van der Waals surface area (Å²) in [6.45, 7) is 6.13. The third-order valence-corrected chi connectivity index (χ3v) is 5.58. The van der Waals surface area contributed by atoms with Gasteiger partial charge in [-0.1, -0.05) is 33.6 Å². The molecule has 154 valence electrons. The lowest BCUT2D eigenvalue weighted by Crippen LogP contribution is -2.44. The SMILES string of the molecule is CC(C)(C)c1nc2cc(NC(=O)CCN3C(=O)NC4(CCCC4)C3=O)ccc2o1. The van der Waals surface area contributed by atoms with Gasteiger partial charge in [-0.25, -0.2) is 9.78 Å². The van der Waals surface area contributed by atoms with Crippen LogP contribution in [0.5, 0.6) is 0 Å². The van der Waals surface area contributed by atoms with Crippen molar-refractivity contribution in [2.24, 2.45) is 0 Å². The van der Waals surface area contributed by atoms with Crippen molar-refractivity contribution < 1.29 is 18.8 Å². The molecular formula is C21H26N4O4. The molecule has 0 radical (unpaired) electrons. The van der Waals surface area contributed by atoms with Crippen LogP contribution in [-0.4, -0.2) is 39.8 Å². The highest BCUT2D eigenvalue weighted by Crippen LogP contribution is 2.35. The van der Waals surface area contributed by atoms with Crippen molar-refractivity contribution >= 4 is 34.6 Å². The van der Waals surface area contributed by atoms with Gasteiger partial charge in [0.05, 0.1) is 0 Å². The largest absolute Gasteiger partial charge is 0.440 e. The molecule has 1 saturated heterocycles. The minimum atomic E-state index is -0.740. The van der Waals surface area contributed by atoms with Crippen LogP contribution in [0.15, 0.2) is 22.6 Å². The van der Waals surface area contributed by atoms with Crippen LogP contribution < -0.4 is 10.6 Å². The van der Waals surface area contributed by atoms with E-state index in [9.17, 15) is 14.4 Å². The highest BCUT2D eigenvalue weighted by Gasteiger charge is 2.52. The van der Waals surface area contributed by atoms with Gasteiger partial charge in [0.1, 0.15) is 11.1 Å². The van der Waals surface area contributed by atoms with E-state index in [2.05, 4.69) is 15.6 Å². The van der Waals surface area contributed by atoms with Gasteiger partial charge in [0, 0.05) is 24.1 Å². The molecule has 0 bridgehead atoms. The summed E-state index contributed by atoms with van der Waals surface area (Å²) in [5.74, 6) is 0.166. The van der Waals surface area contributed by atoms with E-state index in [0.717, 1.165) is 12.8 Å². The van der Waals surface area contributed by atoms with Gasteiger partial charge in [-0.15, -0.1) is 0 Å². The van der Waals surface area contributed by atoms with Gasteiger partial charge in [-0.3, -0.25) is 14.5 Å². The number of nitrogens with one attached hydrogen (secondary N) is 2. The quantitative estimate of drug-likeness (QED) is 0.769. The molecule has 8 heteroatoms. The second-order valence-electron chi connectivity index (χ2n) is 8.93. The Labute approximate surface area is 169 Å². The van der Waals surface area contributed by atoms with Crippen molar-refractivity contribution in [3.8, 4) is 0 Å². The number of anilines is 1. The molecule has 29 heavy (non-hydrogen) atoms. The summed E-state index contributed by atoms with van der Waals surface area (Å²) in [6.07, 6.45) is 3.26. The lowest BCUT2D eigenvalue weighted by Gasteiger charge is -2.19. The molecule has 1 aliphatic heterocycles. The number of imide groups is 1. The number of nitrogens with zero attached hydrogens (tertiary/aromatic N) is 2. The van der Waals surface area contributed by atoms with Gasteiger partial charge in [0.15, 0.2) is 5.58 Å². The van der Waals surface area contributed by atoms with Gasteiger partial charge in [0.25, 0.3) is 5.91 Å². The molecule has 1 spiro atoms. The van der Waals surface area contributed by atoms with Crippen molar-refractivity contribution in [2.75, 3.05) is 11.9 Å². The number of aromatic nitrogens is 1. The number of oxazole rings is 1. The van der Waals surface area contributed by atoms with Crippen LogP contribution >= 0.6 is 0 Å². The number of hydrogen-bond donors (Lipinski definition) is 2. The zero-order valence-corrected chi connectivity index (χ0v) is 17.0. The third-order valence-electron chi connectivity index (χ3n) is 5.58. The summed E-state index contributed by atoms with van der Waals surface area (Å²) in [5, 5.41) is 5.63. The number of hydrogen-bond acceptors (Lipinski definition) is 5. The maximum absolute atomic E-state index is 12.6. The Morgan fingerprint density at radius 1 is 1.28 bits per heavy atom. The molecule has 2 aliphatic rings. The van der Waals surface area contributed by atoms with E-state index in [4.69, 9.17) is 4.42 Å². The molecule has 0 atom stereocenters. The summed E-state index contributed by atoms with van der Waals surface area (Å²) in [4.78, 5) is 42.9. The zero-order valence-electron chi connectivity index (χ0n) is 17.0. The van der Waals surface area contributed by atoms with Crippen molar-refractivity contribution in [2.45, 2.75) is 63.8 Å². The summed E-state index contributed by atoms with van der Waals surface area (Å²) in [7, 11) is 0. The fourth-order valence-electron chi connectivity index (χ4n) is 3.96. The second kappa shape index (κ2) is 6.86. The minimum Gasteiger partial charge on any atom is -0.440 e. The number of carbonyl (C=O) groups excluding carboxylic acids is 3. The van der Waals surface area contributed by atoms with Crippen LogP contribution in [-0.2, 0) is 15.0 Å². The normalized spacial score (nSPS) is 18.7. The predicted octanol–water partition coefficient (Wildman–Crippen LogP) is 3.32. The molecule has 4 amide bonds. The Kier molecular flexibility index (Phi) is 4.59. The predicted molar refractivity (Wildman–Crippen MR) is 107 cm³/mol. The molecule has 2 N–H and O–H groups in total. The first-order valence-corrected chi connectivity index (χ1v) is 10.0. The molecule has 1 saturated carbocycles. The van der Waals surface area contributed by atoms with Gasteiger partial charge < -0.3 is 15.1 Å². The second-order valence-corrected chi connectivity index (χ2v) is 8.93. The topological polar surface area (TPSA) is 105 Å². The van der Waals surface area contributed by atoms with Gasteiger partial charge in [0.2, 0.25) is 11.8 Å². The third kappa shape index (κ3) is 3.59. The van der Waals surface area contributed by atoms with E-state index in [1.54, 1.807) is 18.2 Å². The van der Waals surface area contributed by atoms with Crippen molar-refractivity contribution in [1.82, 2.24) is 15.2 Å². The minimum absolute atomic E-state index is 0.0410. The van der Waals surface area contributed by atoms with E-state index in [1.807, 2.05) is 20.8 Å². The first-order chi connectivity index (χ1) is 13.7. The van der Waals surface area contributed by atoms with Crippen LogP contribution in [0.25, 0.3) is 11.1 Å².